The van der Waals surface area contributed by atoms with Crippen LogP contribution in [-0.2, 0) is 4.79 Å². The third-order valence-corrected chi connectivity index (χ3v) is 4.81. The molecule has 0 spiro atoms. The molecule has 0 aliphatic carbocycles. The molecule has 7 heteroatoms. The zero-order valence-electron chi connectivity index (χ0n) is 12.3. The van der Waals surface area contributed by atoms with Crippen LogP contribution in [0.15, 0.2) is 6.20 Å². The fourth-order valence-corrected chi connectivity index (χ4v) is 3.63. The first-order chi connectivity index (χ1) is 10.3. The van der Waals surface area contributed by atoms with E-state index < -0.39 is 0 Å². The van der Waals surface area contributed by atoms with Gasteiger partial charge >= 0.3 is 0 Å². The summed E-state index contributed by atoms with van der Waals surface area (Å²) in [5, 5.41) is 3.10. The molecule has 1 aromatic rings. The first-order valence-electron chi connectivity index (χ1n) is 7.83. The number of amides is 1. The Morgan fingerprint density at radius 1 is 1.33 bits per heavy atom. The zero-order chi connectivity index (χ0) is 14.5. The summed E-state index contributed by atoms with van der Waals surface area (Å²) in [7, 11) is 0. The monoisotopic (exact) mass is 309 g/mol. The minimum absolute atomic E-state index is 0.171. The van der Waals surface area contributed by atoms with Crippen molar-refractivity contribution in [2.75, 3.05) is 44.2 Å². The van der Waals surface area contributed by atoms with Crippen molar-refractivity contribution in [2.24, 2.45) is 5.92 Å². The molecule has 2 aliphatic heterocycles. The smallest absolute Gasteiger partial charge is 0.234 e. The van der Waals surface area contributed by atoms with Gasteiger partial charge in [0.25, 0.3) is 0 Å². The summed E-state index contributed by atoms with van der Waals surface area (Å²) >= 11 is 1.25. The molecule has 21 heavy (non-hydrogen) atoms. The highest BCUT2D eigenvalue weighted by molar-refractivity contribution is 6.99. The second-order valence-corrected chi connectivity index (χ2v) is 6.56. The average Bonchev–Trinajstić information content (AvgIpc) is 3.19. The highest BCUT2D eigenvalue weighted by Gasteiger charge is 2.22. The number of rotatable bonds is 5. The van der Waals surface area contributed by atoms with Gasteiger partial charge in [-0.05, 0) is 44.7 Å². The highest BCUT2D eigenvalue weighted by atomic mass is 32.1. The molecular weight excluding hydrogens is 286 g/mol. The molecule has 1 unspecified atom stereocenters. The van der Waals surface area contributed by atoms with Gasteiger partial charge in [-0.3, -0.25) is 9.69 Å². The lowest BCUT2D eigenvalue weighted by Gasteiger charge is -2.32. The van der Waals surface area contributed by atoms with Crippen LogP contribution in [0.25, 0.3) is 0 Å². The zero-order valence-corrected chi connectivity index (χ0v) is 13.1. The Hall–Kier alpha value is -1.21. The van der Waals surface area contributed by atoms with Crippen LogP contribution >= 0.6 is 11.7 Å². The van der Waals surface area contributed by atoms with E-state index in [0.717, 1.165) is 45.0 Å². The summed E-state index contributed by atoms with van der Waals surface area (Å²) in [5.74, 6) is 1.67. The van der Waals surface area contributed by atoms with Gasteiger partial charge in [-0.2, -0.15) is 8.75 Å². The van der Waals surface area contributed by atoms with E-state index in [1.807, 2.05) is 6.20 Å². The van der Waals surface area contributed by atoms with Crippen LogP contribution in [0.2, 0.25) is 0 Å². The highest BCUT2D eigenvalue weighted by Crippen LogP contribution is 2.21. The predicted molar refractivity (Wildman–Crippen MR) is 83.5 cm³/mol. The molecule has 116 valence electrons. The van der Waals surface area contributed by atoms with Gasteiger partial charge in [-0.25, -0.2) is 0 Å². The molecule has 0 aromatic carbocycles. The molecule has 6 nitrogen and oxygen atoms in total. The van der Waals surface area contributed by atoms with Crippen molar-refractivity contribution in [1.29, 1.82) is 0 Å². The van der Waals surface area contributed by atoms with E-state index in [-0.39, 0.29) is 5.91 Å². The number of piperidine rings is 1. The van der Waals surface area contributed by atoms with Crippen LogP contribution in [0.5, 0.6) is 0 Å². The lowest BCUT2D eigenvalue weighted by atomic mass is 9.98. The summed E-state index contributed by atoms with van der Waals surface area (Å²) in [5.41, 5.74) is 0. The Labute approximate surface area is 129 Å². The standard InChI is InChI=1S/C14H23N5OS/c20-14(11-18-5-1-2-6-18)15-8-12-4-3-7-19(10-12)13-9-16-21-17-13/h9,12H,1-8,10-11H2,(H,15,20). The van der Waals surface area contributed by atoms with Crippen molar-refractivity contribution >= 4 is 23.5 Å². The Bertz CT molecular complexity index is 446. The van der Waals surface area contributed by atoms with Crippen molar-refractivity contribution in [3.8, 4) is 0 Å². The third-order valence-electron chi connectivity index (χ3n) is 4.35. The summed E-state index contributed by atoms with van der Waals surface area (Å²) in [6.45, 7) is 5.50. The number of likely N-dealkylation sites (tertiary alicyclic amines) is 1. The normalized spacial score (nSPS) is 23.4. The van der Waals surface area contributed by atoms with Crippen LogP contribution in [0.4, 0.5) is 5.82 Å². The number of anilines is 1. The number of carbonyl (C=O) groups is 1. The van der Waals surface area contributed by atoms with Crippen LogP contribution in [0.1, 0.15) is 25.7 Å². The molecule has 2 fully saturated rings. The van der Waals surface area contributed by atoms with Crippen molar-refractivity contribution < 1.29 is 4.79 Å². The number of aromatic nitrogens is 2. The van der Waals surface area contributed by atoms with Crippen molar-refractivity contribution in [2.45, 2.75) is 25.7 Å². The topological polar surface area (TPSA) is 61.4 Å². The van der Waals surface area contributed by atoms with E-state index in [2.05, 4.69) is 23.9 Å². The Morgan fingerprint density at radius 2 is 2.19 bits per heavy atom. The quantitative estimate of drug-likeness (QED) is 0.878. The Kier molecular flexibility index (Phi) is 5.03. The summed E-state index contributed by atoms with van der Waals surface area (Å²) in [6.07, 6.45) is 6.63. The van der Waals surface area contributed by atoms with Crippen molar-refractivity contribution in [3.63, 3.8) is 0 Å². The molecule has 2 saturated heterocycles. The predicted octanol–water partition coefficient (Wildman–Crippen LogP) is 0.966. The van der Waals surface area contributed by atoms with Crippen LogP contribution < -0.4 is 10.2 Å². The van der Waals surface area contributed by atoms with Gasteiger partial charge in [0.05, 0.1) is 24.5 Å². The van der Waals surface area contributed by atoms with E-state index in [9.17, 15) is 4.79 Å². The number of carbonyl (C=O) groups excluding carboxylic acids is 1. The number of nitrogens with one attached hydrogen (secondary N) is 1. The Morgan fingerprint density at radius 3 is 2.95 bits per heavy atom. The second kappa shape index (κ2) is 7.17. The van der Waals surface area contributed by atoms with Gasteiger partial charge in [0, 0.05) is 19.6 Å². The molecule has 2 aliphatic rings. The number of nitrogens with zero attached hydrogens (tertiary/aromatic N) is 4. The summed E-state index contributed by atoms with van der Waals surface area (Å²) in [4.78, 5) is 16.5. The molecule has 0 bridgehead atoms. The maximum absolute atomic E-state index is 12.0. The third kappa shape index (κ3) is 4.14. The second-order valence-electron chi connectivity index (χ2n) is 6.01. The molecule has 0 saturated carbocycles. The maximum Gasteiger partial charge on any atom is 0.234 e. The van der Waals surface area contributed by atoms with Gasteiger partial charge < -0.3 is 10.2 Å². The van der Waals surface area contributed by atoms with E-state index in [0.29, 0.717) is 12.5 Å². The molecule has 3 rings (SSSR count). The largest absolute Gasteiger partial charge is 0.355 e. The fourth-order valence-electron chi connectivity index (χ4n) is 3.20. The van der Waals surface area contributed by atoms with Crippen molar-refractivity contribution in [1.82, 2.24) is 19.0 Å². The fraction of sp³-hybridized carbons (Fsp3) is 0.786. The van der Waals surface area contributed by atoms with Crippen LogP contribution in [0.3, 0.4) is 0 Å². The van der Waals surface area contributed by atoms with E-state index >= 15 is 0 Å². The average molecular weight is 309 g/mol. The molecule has 1 aromatic heterocycles. The molecular formula is C14H23N5OS. The molecule has 1 N–H and O–H groups in total. The molecule has 0 radical (unpaired) electrons. The van der Waals surface area contributed by atoms with Gasteiger partial charge in [0.15, 0.2) is 5.82 Å². The SMILES string of the molecule is O=C(CN1CCCC1)NCC1CCCN(c2cnsn2)C1. The molecule has 3 heterocycles. The first kappa shape index (κ1) is 14.7. The Balaban J connectivity index is 1.41. The van der Waals surface area contributed by atoms with E-state index in [1.54, 1.807) is 0 Å². The van der Waals surface area contributed by atoms with Crippen LogP contribution in [0, 0.1) is 5.92 Å². The lowest BCUT2D eigenvalue weighted by molar-refractivity contribution is -0.122. The summed E-state index contributed by atoms with van der Waals surface area (Å²) < 4.78 is 8.37. The van der Waals surface area contributed by atoms with Gasteiger partial charge in [0.2, 0.25) is 5.91 Å². The van der Waals surface area contributed by atoms with E-state index in [4.69, 9.17) is 0 Å². The van der Waals surface area contributed by atoms with Gasteiger partial charge in [0.1, 0.15) is 0 Å². The minimum Gasteiger partial charge on any atom is -0.355 e. The maximum atomic E-state index is 12.0. The van der Waals surface area contributed by atoms with Crippen LogP contribution in [-0.4, -0.2) is 58.8 Å². The minimum atomic E-state index is 0.171. The molecule has 1 amide bonds. The van der Waals surface area contributed by atoms with Gasteiger partial charge in [-0.1, -0.05) is 0 Å². The van der Waals surface area contributed by atoms with Crippen molar-refractivity contribution in [3.05, 3.63) is 6.20 Å². The first-order valence-corrected chi connectivity index (χ1v) is 8.56. The van der Waals surface area contributed by atoms with Gasteiger partial charge in [-0.15, -0.1) is 0 Å². The van der Waals surface area contributed by atoms with E-state index in [1.165, 1.54) is 31.0 Å². The molecule has 1 atom stereocenters. The lowest BCUT2D eigenvalue weighted by Crippen LogP contribution is -2.43. The summed E-state index contributed by atoms with van der Waals surface area (Å²) in [6, 6.07) is 0. The number of hydrogen-bond donors (Lipinski definition) is 1. The number of hydrogen-bond acceptors (Lipinski definition) is 6.